The second-order valence-electron chi connectivity index (χ2n) is 3.03. The number of methoxy groups -OCH3 is 1. The number of ether oxygens (including phenoxy) is 3. The molecule has 16 heavy (non-hydrogen) atoms. The fourth-order valence-corrected chi connectivity index (χ4v) is 1.37. The summed E-state index contributed by atoms with van der Waals surface area (Å²) in [6.07, 6.45) is 0.751. The number of hydrogen-bond donors (Lipinski definition) is 0. The minimum Gasteiger partial charge on any atom is -0.493 e. The molecule has 0 atom stereocenters. The average Bonchev–Trinajstić information content (AvgIpc) is 2.31. The van der Waals surface area contributed by atoms with Crippen molar-refractivity contribution in [3.8, 4) is 17.2 Å². The van der Waals surface area contributed by atoms with Crippen LogP contribution in [0.25, 0.3) is 0 Å². The van der Waals surface area contributed by atoms with Crippen LogP contribution in [0.15, 0.2) is 12.1 Å². The standard InChI is InChI=1S/C12H16O4/c1-4-15-11-7-9(8-13)6-10(14-3)12(11)16-5-2/h6-8H,4-5H2,1-3H3. The second kappa shape index (κ2) is 6.00. The van der Waals surface area contributed by atoms with E-state index in [1.807, 2.05) is 13.8 Å². The molecule has 0 amide bonds. The third-order valence-corrected chi connectivity index (χ3v) is 1.99. The van der Waals surface area contributed by atoms with Crippen molar-refractivity contribution < 1.29 is 19.0 Å². The molecule has 1 rings (SSSR count). The van der Waals surface area contributed by atoms with Crippen LogP contribution in [0.2, 0.25) is 0 Å². The maximum Gasteiger partial charge on any atom is 0.203 e. The van der Waals surface area contributed by atoms with E-state index in [4.69, 9.17) is 14.2 Å². The summed E-state index contributed by atoms with van der Waals surface area (Å²) in [5, 5.41) is 0. The number of carbonyl (C=O) groups excluding carboxylic acids is 1. The molecule has 0 aromatic heterocycles. The summed E-state index contributed by atoms with van der Waals surface area (Å²) in [5.41, 5.74) is 0.503. The molecule has 1 aromatic carbocycles. The van der Waals surface area contributed by atoms with Crippen molar-refractivity contribution in [1.82, 2.24) is 0 Å². The first kappa shape index (κ1) is 12.4. The zero-order chi connectivity index (χ0) is 12.0. The van der Waals surface area contributed by atoms with Crippen molar-refractivity contribution >= 4 is 6.29 Å². The van der Waals surface area contributed by atoms with Crippen LogP contribution in [0, 0.1) is 0 Å². The number of aldehydes is 1. The van der Waals surface area contributed by atoms with E-state index in [1.54, 1.807) is 12.1 Å². The lowest BCUT2D eigenvalue weighted by Crippen LogP contribution is -2.01. The molecule has 0 fully saturated rings. The molecule has 0 spiro atoms. The number of hydrogen-bond acceptors (Lipinski definition) is 4. The van der Waals surface area contributed by atoms with Crippen molar-refractivity contribution in [2.24, 2.45) is 0 Å². The molecule has 88 valence electrons. The molecule has 4 heteroatoms. The molecule has 0 aliphatic carbocycles. The van der Waals surface area contributed by atoms with Gasteiger partial charge >= 0.3 is 0 Å². The lowest BCUT2D eigenvalue weighted by atomic mass is 10.2. The molecule has 0 aliphatic heterocycles. The Balaban J connectivity index is 3.22. The van der Waals surface area contributed by atoms with Gasteiger partial charge in [0.05, 0.1) is 20.3 Å². The predicted octanol–water partition coefficient (Wildman–Crippen LogP) is 2.31. The van der Waals surface area contributed by atoms with Gasteiger partial charge in [-0.25, -0.2) is 0 Å². The summed E-state index contributed by atoms with van der Waals surface area (Å²) < 4.78 is 16.0. The molecule has 0 saturated heterocycles. The van der Waals surface area contributed by atoms with E-state index < -0.39 is 0 Å². The molecule has 0 saturated carbocycles. The van der Waals surface area contributed by atoms with E-state index in [0.717, 1.165) is 6.29 Å². The van der Waals surface area contributed by atoms with Crippen LogP contribution in [0.5, 0.6) is 17.2 Å². The summed E-state index contributed by atoms with van der Waals surface area (Å²) in [6.45, 7) is 4.76. The van der Waals surface area contributed by atoms with Crippen molar-refractivity contribution in [2.75, 3.05) is 20.3 Å². The zero-order valence-corrected chi connectivity index (χ0v) is 9.78. The molecular weight excluding hydrogens is 208 g/mol. The topological polar surface area (TPSA) is 44.8 Å². The van der Waals surface area contributed by atoms with E-state index in [0.29, 0.717) is 36.0 Å². The monoisotopic (exact) mass is 224 g/mol. The largest absolute Gasteiger partial charge is 0.493 e. The van der Waals surface area contributed by atoms with Crippen LogP contribution in [0.1, 0.15) is 24.2 Å². The minimum atomic E-state index is 0.503. The Morgan fingerprint density at radius 2 is 1.75 bits per heavy atom. The fourth-order valence-electron chi connectivity index (χ4n) is 1.37. The van der Waals surface area contributed by atoms with Crippen LogP contribution < -0.4 is 14.2 Å². The summed E-state index contributed by atoms with van der Waals surface area (Å²) in [5.74, 6) is 1.58. The first-order valence-electron chi connectivity index (χ1n) is 5.19. The highest BCUT2D eigenvalue weighted by atomic mass is 16.5. The van der Waals surface area contributed by atoms with Gasteiger partial charge in [0.2, 0.25) is 5.75 Å². The quantitative estimate of drug-likeness (QED) is 0.695. The molecule has 0 radical (unpaired) electrons. The highest BCUT2D eigenvalue weighted by molar-refractivity contribution is 5.78. The van der Waals surface area contributed by atoms with Crippen LogP contribution in [-0.2, 0) is 0 Å². The first-order chi connectivity index (χ1) is 7.76. The smallest absolute Gasteiger partial charge is 0.203 e. The number of benzene rings is 1. The van der Waals surface area contributed by atoms with E-state index in [2.05, 4.69) is 0 Å². The van der Waals surface area contributed by atoms with Gasteiger partial charge in [0, 0.05) is 5.56 Å². The highest BCUT2D eigenvalue weighted by Gasteiger charge is 2.13. The van der Waals surface area contributed by atoms with Crippen molar-refractivity contribution in [3.63, 3.8) is 0 Å². The van der Waals surface area contributed by atoms with Crippen LogP contribution >= 0.6 is 0 Å². The molecular formula is C12H16O4. The maximum atomic E-state index is 10.7. The summed E-state index contributed by atoms with van der Waals surface area (Å²) in [4.78, 5) is 10.7. The van der Waals surface area contributed by atoms with Crippen LogP contribution in [0.3, 0.4) is 0 Å². The third kappa shape index (κ3) is 2.66. The molecule has 0 aliphatic rings. The summed E-state index contributed by atoms with van der Waals surface area (Å²) in [7, 11) is 1.53. The molecule has 4 nitrogen and oxygen atoms in total. The number of rotatable bonds is 6. The van der Waals surface area contributed by atoms with Gasteiger partial charge in [-0.15, -0.1) is 0 Å². The van der Waals surface area contributed by atoms with Gasteiger partial charge in [0.25, 0.3) is 0 Å². The summed E-state index contributed by atoms with van der Waals surface area (Å²) >= 11 is 0. The van der Waals surface area contributed by atoms with Gasteiger partial charge in [-0.1, -0.05) is 0 Å². The van der Waals surface area contributed by atoms with Gasteiger partial charge in [0.1, 0.15) is 6.29 Å². The van der Waals surface area contributed by atoms with Gasteiger partial charge in [-0.2, -0.15) is 0 Å². The van der Waals surface area contributed by atoms with E-state index >= 15 is 0 Å². The van der Waals surface area contributed by atoms with Crippen molar-refractivity contribution in [3.05, 3.63) is 17.7 Å². The molecule has 0 heterocycles. The summed E-state index contributed by atoms with van der Waals surface area (Å²) in [6, 6.07) is 3.27. The first-order valence-corrected chi connectivity index (χ1v) is 5.19. The Morgan fingerprint density at radius 3 is 2.25 bits per heavy atom. The van der Waals surface area contributed by atoms with E-state index in [-0.39, 0.29) is 0 Å². The van der Waals surface area contributed by atoms with E-state index in [9.17, 15) is 4.79 Å². The predicted molar refractivity (Wildman–Crippen MR) is 60.7 cm³/mol. The average molecular weight is 224 g/mol. The Kier molecular flexibility index (Phi) is 4.64. The molecule has 0 unspecified atom stereocenters. The van der Waals surface area contributed by atoms with Crippen molar-refractivity contribution in [2.45, 2.75) is 13.8 Å². The third-order valence-electron chi connectivity index (χ3n) is 1.99. The Bertz CT molecular complexity index is 360. The van der Waals surface area contributed by atoms with Crippen molar-refractivity contribution in [1.29, 1.82) is 0 Å². The Morgan fingerprint density at radius 1 is 1.12 bits per heavy atom. The minimum absolute atomic E-state index is 0.503. The molecule has 0 bridgehead atoms. The lowest BCUT2D eigenvalue weighted by Gasteiger charge is -2.14. The van der Waals surface area contributed by atoms with Crippen LogP contribution in [0.4, 0.5) is 0 Å². The zero-order valence-electron chi connectivity index (χ0n) is 9.78. The molecule has 0 N–H and O–H groups in total. The lowest BCUT2D eigenvalue weighted by molar-refractivity contribution is 0.112. The fraction of sp³-hybridized carbons (Fsp3) is 0.417. The highest BCUT2D eigenvalue weighted by Crippen LogP contribution is 2.38. The maximum absolute atomic E-state index is 10.7. The van der Waals surface area contributed by atoms with Gasteiger partial charge in [-0.3, -0.25) is 4.79 Å². The molecule has 1 aromatic rings. The SMILES string of the molecule is CCOc1cc(C=O)cc(OC)c1OCC. The second-order valence-corrected chi connectivity index (χ2v) is 3.03. The van der Waals surface area contributed by atoms with Gasteiger partial charge < -0.3 is 14.2 Å². The van der Waals surface area contributed by atoms with Crippen LogP contribution in [-0.4, -0.2) is 26.6 Å². The van der Waals surface area contributed by atoms with Gasteiger partial charge in [0.15, 0.2) is 11.5 Å². The Hall–Kier alpha value is -1.71. The Labute approximate surface area is 95.1 Å². The van der Waals surface area contributed by atoms with Gasteiger partial charge in [-0.05, 0) is 26.0 Å². The normalized spacial score (nSPS) is 9.69. The van der Waals surface area contributed by atoms with E-state index in [1.165, 1.54) is 7.11 Å². The number of carbonyl (C=O) groups is 1.